The van der Waals surface area contributed by atoms with E-state index in [0.29, 0.717) is 18.4 Å². The van der Waals surface area contributed by atoms with Crippen molar-refractivity contribution in [3.05, 3.63) is 45.7 Å². The van der Waals surface area contributed by atoms with E-state index >= 15 is 0 Å². The van der Waals surface area contributed by atoms with Crippen LogP contribution >= 0.6 is 0 Å². The highest BCUT2D eigenvalue weighted by Crippen LogP contribution is 2.14. The number of fused-ring (bicyclic) bond motifs is 1. The Labute approximate surface area is 112 Å². The number of nitrogens with zero attached hydrogens (tertiary/aromatic N) is 1. The lowest BCUT2D eigenvalue weighted by Crippen LogP contribution is -2.23. The molecule has 0 radical (unpaired) electrons. The molecule has 1 amide bonds. The molecule has 4 nitrogen and oxygen atoms in total. The molecule has 1 heterocycles. The Morgan fingerprint density at radius 2 is 2.00 bits per heavy atom. The van der Waals surface area contributed by atoms with E-state index < -0.39 is 0 Å². The maximum atomic E-state index is 11.9. The average Bonchev–Trinajstić information content (AvgIpc) is 2.36. The number of rotatable bonds is 3. The summed E-state index contributed by atoms with van der Waals surface area (Å²) in [6, 6.07) is 7.78. The number of aryl methyl sites for hydroxylation is 2. The van der Waals surface area contributed by atoms with Gasteiger partial charge < -0.3 is 9.88 Å². The van der Waals surface area contributed by atoms with Crippen molar-refractivity contribution in [3.8, 4) is 0 Å². The Hall–Kier alpha value is -2.10. The van der Waals surface area contributed by atoms with Gasteiger partial charge in [-0.05, 0) is 36.9 Å². The second kappa shape index (κ2) is 5.26. The number of aromatic amines is 1. The van der Waals surface area contributed by atoms with E-state index in [-0.39, 0.29) is 11.5 Å². The van der Waals surface area contributed by atoms with E-state index in [2.05, 4.69) is 4.98 Å². The van der Waals surface area contributed by atoms with Crippen molar-refractivity contribution >= 4 is 16.8 Å². The zero-order valence-electron chi connectivity index (χ0n) is 11.5. The van der Waals surface area contributed by atoms with Crippen molar-refractivity contribution in [2.75, 3.05) is 14.1 Å². The average molecular weight is 258 g/mol. The summed E-state index contributed by atoms with van der Waals surface area (Å²) in [5, 5.41) is 1.01. The van der Waals surface area contributed by atoms with Crippen molar-refractivity contribution < 1.29 is 4.79 Å². The van der Waals surface area contributed by atoms with E-state index in [0.717, 1.165) is 16.5 Å². The zero-order chi connectivity index (χ0) is 14.0. The van der Waals surface area contributed by atoms with Crippen LogP contribution in [0, 0.1) is 6.92 Å². The number of amides is 1. The van der Waals surface area contributed by atoms with Crippen molar-refractivity contribution in [2.24, 2.45) is 0 Å². The Kier molecular flexibility index (Phi) is 3.69. The largest absolute Gasteiger partial charge is 0.349 e. The molecule has 0 unspecified atom stereocenters. The molecule has 0 aliphatic rings. The second-order valence-electron chi connectivity index (χ2n) is 5.00. The standard InChI is InChI=1S/C15H18N2O2/c1-10-4-6-13-12(8-10)9-11(15(19)16-13)5-7-14(18)17(2)3/h4,6,8-9H,5,7H2,1-3H3,(H,16,19). The van der Waals surface area contributed by atoms with Crippen LogP contribution in [0.4, 0.5) is 0 Å². The highest BCUT2D eigenvalue weighted by atomic mass is 16.2. The summed E-state index contributed by atoms with van der Waals surface area (Å²) in [6.07, 6.45) is 0.823. The predicted octanol–water partition coefficient (Wildman–Crippen LogP) is 1.86. The van der Waals surface area contributed by atoms with Gasteiger partial charge >= 0.3 is 0 Å². The van der Waals surface area contributed by atoms with Gasteiger partial charge in [0.05, 0.1) is 0 Å². The second-order valence-corrected chi connectivity index (χ2v) is 5.00. The fourth-order valence-electron chi connectivity index (χ4n) is 2.02. The van der Waals surface area contributed by atoms with Crippen LogP contribution in [0.25, 0.3) is 10.9 Å². The Balaban J connectivity index is 2.30. The van der Waals surface area contributed by atoms with Gasteiger partial charge in [0, 0.05) is 31.6 Å². The predicted molar refractivity (Wildman–Crippen MR) is 76.3 cm³/mol. The van der Waals surface area contributed by atoms with Crippen molar-refractivity contribution in [3.63, 3.8) is 0 Å². The molecule has 1 aromatic heterocycles. The summed E-state index contributed by atoms with van der Waals surface area (Å²) in [6.45, 7) is 2.01. The highest BCUT2D eigenvalue weighted by molar-refractivity contribution is 5.80. The van der Waals surface area contributed by atoms with Crippen molar-refractivity contribution in [2.45, 2.75) is 19.8 Å². The fourth-order valence-corrected chi connectivity index (χ4v) is 2.02. The molecule has 0 spiro atoms. The summed E-state index contributed by atoms with van der Waals surface area (Å²) in [5.74, 6) is 0.0312. The van der Waals surface area contributed by atoms with Gasteiger partial charge in [0.15, 0.2) is 0 Å². The lowest BCUT2D eigenvalue weighted by Gasteiger charge is -2.09. The molecule has 0 saturated heterocycles. The smallest absolute Gasteiger partial charge is 0.251 e. The summed E-state index contributed by atoms with van der Waals surface area (Å²) in [4.78, 5) is 27.9. The van der Waals surface area contributed by atoms with Crippen LogP contribution in [0.5, 0.6) is 0 Å². The number of benzene rings is 1. The van der Waals surface area contributed by atoms with Gasteiger partial charge in [0.25, 0.3) is 5.56 Å². The topological polar surface area (TPSA) is 53.2 Å². The molecule has 0 aliphatic heterocycles. The van der Waals surface area contributed by atoms with Crippen LogP contribution < -0.4 is 5.56 Å². The number of pyridine rings is 1. The monoisotopic (exact) mass is 258 g/mol. The number of hydrogen-bond acceptors (Lipinski definition) is 2. The van der Waals surface area contributed by atoms with Gasteiger partial charge in [-0.3, -0.25) is 9.59 Å². The summed E-state index contributed by atoms with van der Waals surface area (Å²) < 4.78 is 0. The van der Waals surface area contributed by atoms with Gasteiger partial charge in [-0.25, -0.2) is 0 Å². The molecule has 0 bridgehead atoms. The maximum Gasteiger partial charge on any atom is 0.251 e. The summed E-state index contributed by atoms with van der Waals surface area (Å²) in [5.41, 5.74) is 2.53. The molecular weight excluding hydrogens is 240 g/mol. The number of hydrogen-bond donors (Lipinski definition) is 1. The minimum atomic E-state index is -0.108. The van der Waals surface area contributed by atoms with Crippen molar-refractivity contribution in [1.82, 2.24) is 9.88 Å². The van der Waals surface area contributed by atoms with Gasteiger partial charge in [-0.15, -0.1) is 0 Å². The molecule has 0 fully saturated rings. The third-order valence-corrected chi connectivity index (χ3v) is 3.18. The lowest BCUT2D eigenvalue weighted by atomic mass is 10.1. The number of H-pyrrole nitrogens is 1. The molecule has 1 aromatic carbocycles. The number of carbonyl (C=O) groups is 1. The summed E-state index contributed by atoms with van der Waals surface area (Å²) in [7, 11) is 3.44. The van der Waals surface area contributed by atoms with Gasteiger partial charge in [-0.1, -0.05) is 11.6 Å². The van der Waals surface area contributed by atoms with Crippen LogP contribution in [0.2, 0.25) is 0 Å². The minimum Gasteiger partial charge on any atom is -0.349 e. The van der Waals surface area contributed by atoms with E-state index in [1.54, 1.807) is 19.0 Å². The molecule has 1 N–H and O–H groups in total. The molecule has 19 heavy (non-hydrogen) atoms. The van der Waals surface area contributed by atoms with Crippen LogP contribution in [-0.4, -0.2) is 29.9 Å². The third kappa shape index (κ3) is 3.02. The maximum absolute atomic E-state index is 11.9. The molecule has 2 aromatic rings. The zero-order valence-corrected chi connectivity index (χ0v) is 11.5. The highest BCUT2D eigenvalue weighted by Gasteiger charge is 2.08. The number of aromatic nitrogens is 1. The first kappa shape index (κ1) is 13.3. The van der Waals surface area contributed by atoms with Crippen molar-refractivity contribution in [1.29, 1.82) is 0 Å². The van der Waals surface area contributed by atoms with E-state index in [9.17, 15) is 9.59 Å². The Bertz CT molecular complexity index is 671. The Morgan fingerprint density at radius 1 is 1.26 bits per heavy atom. The fraction of sp³-hybridized carbons (Fsp3) is 0.333. The van der Waals surface area contributed by atoms with Crippen LogP contribution in [0.15, 0.2) is 29.1 Å². The van der Waals surface area contributed by atoms with Crippen LogP contribution in [0.3, 0.4) is 0 Å². The first-order valence-corrected chi connectivity index (χ1v) is 6.30. The quantitative estimate of drug-likeness (QED) is 0.913. The van der Waals surface area contributed by atoms with E-state index in [1.807, 2.05) is 31.2 Å². The van der Waals surface area contributed by atoms with E-state index in [4.69, 9.17) is 0 Å². The molecule has 0 saturated carbocycles. The molecular formula is C15H18N2O2. The lowest BCUT2D eigenvalue weighted by molar-refractivity contribution is -0.128. The molecule has 0 atom stereocenters. The van der Waals surface area contributed by atoms with Gasteiger partial charge in [-0.2, -0.15) is 0 Å². The normalized spacial score (nSPS) is 10.7. The first-order valence-electron chi connectivity index (χ1n) is 6.30. The SMILES string of the molecule is Cc1ccc2[nH]c(=O)c(CCC(=O)N(C)C)cc2c1. The first-order chi connectivity index (χ1) is 8.97. The number of nitrogens with one attached hydrogen (secondary N) is 1. The van der Waals surface area contributed by atoms with Crippen LogP contribution in [0.1, 0.15) is 17.5 Å². The minimum absolute atomic E-state index is 0.0312. The molecule has 2 rings (SSSR count). The molecule has 4 heteroatoms. The molecule has 0 aliphatic carbocycles. The van der Waals surface area contributed by atoms with Gasteiger partial charge in [0.1, 0.15) is 0 Å². The Morgan fingerprint density at radius 3 is 2.68 bits per heavy atom. The molecule has 100 valence electrons. The third-order valence-electron chi connectivity index (χ3n) is 3.18. The van der Waals surface area contributed by atoms with Crippen LogP contribution in [-0.2, 0) is 11.2 Å². The number of carbonyl (C=O) groups excluding carboxylic acids is 1. The van der Waals surface area contributed by atoms with Gasteiger partial charge in [0.2, 0.25) is 5.91 Å². The summed E-state index contributed by atoms with van der Waals surface area (Å²) >= 11 is 0. The van der Waals surface area contributed by atoms with E-state index in [1.165, 1.54) is 0 Å².